The van der Waals surface area contributed by atoms with E-state index in [-0.39, 0.29) is 0 Å². The van der Waals surface area contributed by atoms with Gasteiger partial charge in [-0.25, -0.2) is 0 Å². The first kappa shape index (κ1) is 14.6. The van der Waals surface area contributed by atoms with Crippen molar-refractivity contribution in [1.29, 1.82) is 0 Å². The number of para-hydroxylation sites is 1. The summed E-state index contributed by atoms with van der Waals surface area (Å²) in [5.41, 5.74) is 7.95. The average molecular weight is 251 g/mol. The van der Waals surface area contributed by atoms with Crippen molar-refractivity contribution in [2.75, 3.05) is 51.5 Å². The zero-order valence-electron chi connectivity index (χ0n) is 11.9. The maximum absolute atomic E-state index is 6.15. The molecule has 0 heterocycles. The van der Waals surface area contributed by atoms with E-state index in [1.165, 1.54) is 0 Å². The molecule has 0 aliphatic heterocycles. The van der Waals surface area contributed by atoms with Crippen LogP contribution in [0.2, 0.25) is 0 Å². The van der Waals surface area contributed by atoms with Crippen LogP contribution in [0.1, 0.15) is 13.3 Å². The summed E-state index contributed by atoms with van der Waals surface area (Å²) in [4.78, 5) is 4.50. The fourth-order valence-corrected chi connectivity index (χ4v) is 1.93. The quantitative estimate of drug-likeness (QED) is 0.753. The lowest BCUT2D eigenvalue weighted by Crippen LogP contribution is -2.32. The molecule has 0 radical (unpaired) electrons. The fourth-order valence-electron chi connectivity index (χ4n) is 1.93. The minimum atomic E-state index is 0.729. The van der Waals surface area contributed by atoms with E-state index in [9.17, 15) is 0 Å². The Bertz CT molecular complexity index is 366. The molecule has 0 spiro atoms. The Labute approximate surface area is 110 Å². The predicted octanol–water partition coefficient (Wildman–Crippen LogP) is 2.06. The molecule has 0 aromatic heterocycles. The van der Waals surface area contributed by atoms with E-state index in [0.29, 0.717) is 0 Å². The maximum Gasteiger partial charge on any atom is 0.143 e. The minimum absolute atomic E-state index is 0.729. The van der Waals surface area contributed by atoms with Gasteiger partial charge in [-0.05, 0) is 32.6 Å². The summed E-state index contributed by atoms with van der Waals surface area (Å²) >= 11 is 0. The molecule has 0 atom stereocenters. The highest BCUT2D eigenvalue weighted by molar-refractivity contribution is 5.74. The number of ether oxygens (including phenoxy) is 1. The molecular formula is C14H25N3O. The molecule has 0 aliphatic rings. The largest absolute Gasteiger partial charge is 0.495 e. The van der Waals surface area contributed by atoms with Gasteiger partial charge in [-0.15, -0.1) is 0 Å². The maximum atomic E-state index is 6.15. The molecule has 1 aromatic rings. The van der Waals surface area contributed by atoms with Gasteiger partial charge in [-0.3, -0.25) is 0 Å². The molecule has 4 heteroatoms. The lowest BCUT2D eigenvalue weighted by molar-refractivity contribution is 0.411. The number of nitrogens with two attached hydrogens (primary N) is 1. The third-order valence-electron chi connectivity index (χ3n) is 2.91. The van der Waals surface area contributed by atoms with Crippen molar-refractivity contribution in [3.05, 3.63) is 18.2 Å². The van der Waals surface area contributed by atoms with Gasteiger partial charge in [0.15, 0.2) is 0 Å². The summed E-state index contributed by atoms with van der Waals surface area (Å²) < 4.78 is 5.28. The van der Waals surface area contributed by atoms with Crippen LogP contribution in [0.3, 0.4) is 0 Å². The molecule has 1 aromatic carbocycles. The van der Waals surface area contributed by atoms with Crippen LogP contribution in [0.15, 0.2) is 18.2 Å². The standard InChI is InChI=1S/C14H25N3O/c1-5-9-17(11-10-16(2)3)12-7-6-8-13(18-4)14(12)15/h6-8H,5,9-11,15H2,1-4H3. The highest BCUT2D eigenvalue weighted by Gasteiger charge is 2.12. The van der Waals surface area contributed by atoms with Crippen LogP contribution in [0.4, 0.5) is 11.4 Å². The van der Waals surface area contributed by atoms with Gasteiger partial charge in [-0.2, -0.15) is 0 Å². The molecule has 102 valence electrons. The Morgan fingerprint density at radius 3 is 2.44 bits per heavy atom. The van der Waals surface area contributed by atoms with Crippen molar-refractivity contribution in [3.8, 4) is 5.75 Å². The molecule has 1 rings (SSSR count). The van der Waals surface area contributed by atoms with Crippen molar-refractivity contribution in [1.82, 2.24) is 4.90 Å². The summed E-state index contributed by atoms with van der Waals surface area (Å²) in [6.07, 6.45) is 1.10. The molecule has 4 nitrogen and oxygen atoms in total. The number of likely N-dealkylation sites (N-methyl/N-ethyl adjacent to an activating group) is 1. The zero-order chi connectivity index (χ0) is 13.5. The number of benzene rings is 1. The zero-order valence-corrected chi connectivity index (χ0v) is 11.9. The number of methoxy groups -OCH3 is 1. The number of nitrogens with zero attached hydrogens (tertiary/aromatic N) is 2. The molecule has 0 saturated carbocycles. The summed E-state index contributed by atoms with van der Waals surface area (Å²) in [5, 5.41) is 0. The average Bonchev–Trinajstić information content (AvgIpc) is 2.35. The normalized spacial score (nSPS) is 10.7. The van der Waals surface area contributed by atoms with Crippen molar-refractivity contribution < 1.29 is 4.74 Å². The van der Waals surface area contributed by atoms with E-state index in [0.717, 1.165) is 43.2 Å². The van der Waals surface area contributed by atoms with Crippen LogP contribution in [-0.4, -0.2) is 45.7 Å². The van der Waals surface area contributed by atoms with Gasteiger partial charge in [0.25, 0.3) is 0 Å². The van der Waals surface area contributed by atoms with Crippen LogP contribution < -0.4 is 15.4 Å². The van der Waals surface area contributed by atoms with Gasteiger partial charge in [0.1, 0.15) is 5.75 Å². The third kappa shape index (κ3) is 3.81. The lowest BCUT2D eigenvalue weighted by atomic mass is 10.2. The highest BCUT2D eigenvalue weighted by atomic mass is 16.5. The van der Waals surface area contributed by atoms with Crippen LogP contribution in [0.25, 0.3) is 0 Å². The van der Waals surface area contributed by atoms with Gasteiger partial charge in [0.05, 0.1) is 18.5 Å². The van der Waals surface area contributed by atoms with Gasteiger partial charge in [0.2, 0.25) is 0 Å². The molecule has 0 saturated heterocycles. The molecular weight excluding hydrogens is 226 g/mol. The molecule has 0 aliphatic carbocycles. The number of nitrogen functional groups attached to an aromatic ring is 1. The third-order valence-corrected chi connectivity index (χ3v) is 2.91. The Kier molecular flexibility index (Phi) is 5.78. The van der Waals surface area contributed by atoms with E-state index in [1.54, 1.807) is 7.11 Å². The molecule has 0 unspecified atom stereocenters. The second-order valence-electron chi connectivity index (χ2n) is 4.68. The smallest absolute Gasteiger partial charge is 0.143 e. The van der Waals surface area contributed by atoms with E-state index in [4.69, 9.17) is 10.5 Å². The van der Waals surface area contributed by atoms with Crippen molar-refractivity contribution in [2.24, 2.45) is 0 Å². The first-order chi connectivity index (χ1) is 8.60. The lowest BCUT2D eigenvalue weighted by Gasteiger charge is -2.27. The summed E-state index contributed by atoms with van der Waals surface area (Å²) in [6, 6.07) is 5.95. The number of hydrogen-bond acceptors (Lipinski definition) is 4. The van der Waals surface area contributed by atoms with Crippen molar-refractivity contribution in [3.63, 3.8) is 0 Å². The highest BCUT2D eigenvalue weighted by Crippen LogP contribution is 2.31. The summed E-state index contributed by atoms with van der Waals surface area (Å²) in [7, 11) is 5.82. The number of hydrogen-bond donors (Lipinski definition) is 1. The van der Waals surface area contributed by atoms with Crippen LogP contribution in [0.5, 0.6) is 5.75 Å². The van der Waals surface area contributed by atoms with E-state index in [1.807, 2.05) is 12.1 Å². The second kappa shape index (κ2) is 7.11. The van der Waals surface area contributed by atoms with E-state index >= 15 is 0 Å². The molecule has 0 bridgehead atoms. The first-order valence-electron chi connectivity index (χ1n) is 6.42. The second-order valence-corrected chi connectivity index (χ2v) is 4.68. The Morgan fingerprint density at radius 2 is 1.89 bits per heavy atom. The monoisotopic (exact) mass is 251 g/mol. The Balaban J connectivity index is 2.90. The van der Waals surface area contributed by atoms with Crippen molar-refractivity contribution >= 4 is 11.4 Å². The van der Waals surface area contributed by atoms with Gasteiger partial charge < -0.3 is 20.3 Å². The van der Waals surface area contributed by atoms with Gasteiger partial charge >= 0.3 is 0 Å². The molecule has 2 N–H and O–H groups in total. The van der Waals surface area contributed by atoms with Gasteiger partial charge in [-0.1, -0.05) is 13.0 Å². The van der Waals surface area contributed by atoms with Crippen LogP contribution in [0, 0.1) is 0 Å². The van der Waals surface area contributed by atoms with E-state index < -0.39 is 0 Å². The Morgan fingerprint density at radius 1 is 1.17 bits per heavy atom. The number of rotatable bonds is 7. The van der Waals surface area contributed by atoms with E-state index in [2.05, 4.69) is 36.9 Å². The van der Waals surface area contributed by atoms with Gasteiger partial charge in [0, 0.05) is 19.6 Å². The summed E-state index contributed by atoms with van der Waals surface area (Å²) in [5.74, 6) is 0.749. The topological polar surface area (TPSA) is 41.7 Å². The first-order valence-corrected chi connectivity index (χ1v) is 6.42. The van der Waals surface area contributed by atoms with Crippen molar-refractivity contribution in [2.45, 2.75) is 13.3 Å². The molecule has 0 amide bonds. The Hall–Kier alpha value is -1.42. The number of anilines is 2. The predicted molar refractivity (Wildman–Crippen MR) is 78.5 cm³/mol. The minimum Gasteiger partial charge on any atom is -0.495 e. The molecule has 0 fully saturated rings. The fraction of sp³-hybridized carbons (Fsp3) is 0.571. The van der Waals surface area contributed by atoms with Crippen LogP contribution >= 0.6 is 0 Å². The molecule has 18 heavy (non-hydrogen) atoms. The summed E-state index contributed by atoms with van der Waals surface area (Å²) in [6.45, 7) is 5.17. The SMILES string of the molecule is CCCN(CCN(C)C)c1cccc(OC)c1N. The van der Waals surface area contributed by atoms with Crippen LogP contribution in [-0.2, 0) is 0 Å².